The highest BCUT2D eigenvalue weighted by atomic mass is 127. The van der Waals surface area contributed by atoms with E-state index in [0.717, 1.165) is 18.9 Å². The molecule has 2 aromatic rings. The number of aromatic nitrogens is 3. The van der Waals surface area contributed by atoms with E-state index in [1.54, 1.807) is 20.0 Å². The number of nitrogens with zero attached hydrogens (tertiary/aromatic N) is 3. The van der Waals surface area contributed by atoms with Crippen LogP contribution in [-0.4, -0.2) is 33.9 Å². The van der Waals surface area contributed by atoms with Crippen molar-refractivity contribution in [1.29, 1.82) is 0 Å². The van der Waals surface area contributed by atoms with Gasteiger partial charge in [-0.15, -0.1) is 0 Å². The largest absolute Gasteiger partial charge is 0.416 e. The zero-order valence-electron chi connectivity index (χ0n) is 17.2. The summed E-state index contributed by atoms with van der Waals surface area (Å²) in [4.78, 5) is 25.3. The fraction of sp³-hybridized carbons (Fsp3) is 0.500. The first-order chi connectivity index (χ1) is 14.7. The van der Waals surface area contributed by atoms with Gasteiger partial charge in [-0.1, -0.05) is 6.07 Å². The summed E-state index contributed by atoms with van der Waals surface area (Å²) in [6.45, 7) is 1.65. The number of aryl methyl sites for hydroxylation is 1. The first-order valence-corrected chi connectivity index (χ1v) is 11.0. The van der Waals surface area contributed by atoms with Gasteiger partial charge in [0, 0.05) is 29.1 Å². The summed E-state index contributed by atoms with van der Waals surface area (Å²) in [5.74, 6) is 1.14. The Morgan fingerprint density at radius 2 is 1.81 bits per heavy atom. The van der Waals surface area contributed by atoms with Gasteiger partial charge in [0.05, 0.1) is 5.56 Å². The van der Waals surface area contributed by atoms with Gasteiger partial charge in [0.25, 0.3) is 0 Å². The van der Waals surface area contributed by atoms with Crippen LogP contribution in [0.3, 0.4) is 0 Å². The summed E-state index contributed by atoms with van der Waals surface area (Å²) in [5, 5.41) is 8.85. The molecular formula is C20H24F3IN6O. The molecule has 1 fully saturated rings. The number of halogens is 4. The predicted octanol–water partition coefficient (Wildman–Crippen LogP) is 4.13. The standard InChI is InChI=1S/C20H24F3IN6O/c1-11-27-18(25-2)30-19(28-11)29-15-7-4-12(5-8-15)17(31)26-10-13-3-6-14(24)9-16(13)20(21,22)23/h3,6,9,12,15H,4-5,7-8,10H2,1-2H3,(H,26,31)(H2,25,27,28,29,30)/t12-,15-. The number of hydrogen-bond acceptors (Lipinski definition) is 6. The lowest BCUT2D eigenvalue weighted by Crippen LogP contribution is -2.36. The van der Waals surface area contributed by atoms with Crippen LogP contribution >= 0.6 is 22.6 Å². The van der Waals surface area contributed by atoms with Crippen molar-refractivity contribution < 1.29 is 18.0 Å². The molecule has 0 radical (unpaired) electrons. The molecule has 1 aliphatic carbocycles. The number of hydrogen-bond donors (Lipinski definition) is 3. The molecule has 3 rings (SSSR count). The van der Waals surface area contributed by atoms with Crippen molar-refractivity contribution in [3.8, 4) is 0 Å². The molecule has 31 heavy (non-hydrogen) atoms. The van der Waals surface area contributed by atoms with Gasteiger partial charge in [-0.2, -0.15) is 28.1 Å². The Hall–Kier alpha value is -2.18. The smallest absolute Gasteiger partial charge is 0.357 e. The molecule has 1 saturated carbocycles. The SMILES string of the molecule is CNc1nc(C)nc(N[C@H]2CC[C@H](C(=O)NCc3ccc(I)cc3C(F)(F)F)CC2)n1. The van der Waals surface area contributed by atoms with E-state index >= 15 is 0 Å². The second-order valence-electron chi connectivity index (χ2n) is 7.49. The number of carbonyl (C=O) groups is 1. The van der Waals surface area contributed by atoms with Crippen LogP contribution < -0.4 is 16.0 Å². The first kappa shape index (κ1) is 23.5. The normalized spacial score (nSPS) is 19.0. The number of rotatable bonds is 6. The summed E-state index contributed by atoms with van der Waals surface area (Å²) < 4.78 is 40.3. The molecule has 0 saturated heterocycles. The molecule has 0 bridgehead atoms. The lowest BCUT2D eigenvalue weighted by Gasteiger charge is -2.28. The lowest BCUT2D eigenvalue weighted by atomic mass is 9.85. The first-order valence-electron chi connectivity index (χ1n) is 9.96. The van der Waals surface area contributed by atoms with Gasteiger partial charge in [0.1, 0.15) is 5.82 Å². The number of anilines is 2. The predicted molar refractivity (Wildman–Crippen MR) is 119 cm³/mol. The Bertz CT molecular complexity index is 932. The monoisotopic (exact) mass is 548 g/mol. The molecule has 1 aromatic heterocycles. The minimum atomic E-state index is -4.45. The molecule has 1 aliphatic rings. The minimum Gasteiger partial charge on any atom is -0.357 e. The van der Waals surface area contributed by atoms with Gasteiger partial charge in [0.2, 0.25) is 17.8 Å². The van der Waals surface area contributed by atoms with Gasteiger partial charge in [-0.25, -0.2) is 0 Å². The van der Waals surface area contributed by atoms with Gasteiger partial charge in [0.15, 0.2) is 0 Å². The van der Waals surface area contributed by atoms with Crippen molar-refractivity contribution in [1.82, 2.24) is 20.3 Å². The summed E-state index contributed by atoms with van der Waals surface area (Å²) in [6, 6.07) is 4.25. The van der Waals surface area contributed by atoms with E-state index in [0.29, 0.717) is 34.1 Å². The summed E-state index contributed by atoms with van der Waals surface area (Å²) >= 11 is 1.85. The Morgan fingerprint density at radius 3 is 2.45 bits per heavy atom. The zero-order valence-corrected chi connectivity index (χ0v) is 19.3. The number of benzene rings is 1. The molecule has 1 aromatic carbocycles. The van der Waals surface area contributed by atoms with Crippen LogP contribution in [0.15, 0.2) is 18.2 Å². The highest BCUT2D eigenvalue weighted by molar-refractivity contribution is 14.1. The highest BCUT2D eigenvalue weighted by Gasteiger charge is 2.34. The maximum absolute atomic E-state index is 13.3. The third-order valence-corrected chi connectivity index (χ3v) is 5.90. The van der Waals surface area contributed by atoms with E-state index in [1.807, 2.05) is 22.6 Å². The molecule has 168 valence electrons. The van der Waals surface area contributed by atoms with Crippen LogP contribution in [0.1, 0.15) is 42.6 Å². The van der Waals surface area contributed by atoms with Gasteiger partial charge in [-0.05, 0) is 72.9 Å². The van der Waals surface area contributed by atoms with Crippen LogP contribution in [0.2, 0.25) is 0 Å². The maximum Gasteiger partial charge on any atom is 0.416 e. The van der Waals surface area contributed by atoms with Crippen LogP contribution in [0.4, 0.5) is 25.1 Å². The van der Waals surface area contributed by atoms with Gasteiger partial charge >= 0.3 is 6.18 Å². The number of alkyl halides is 3. The van der Waals surface area contributed by atoms with Crippen molar-refractivity contribution in [3.63, 3.8) is 0 Å². The summed E-state index contributed by atoms with van der Waals surface area (Å²) in [6.07, 6.45) is -1.67. The second-order valence-corrected chi connectivity index (χ2v) is 8.74. The van der Waals surface area contributed by atoms with Crippen molar-refractivity contribution in [2.45, 2.75) is 51.4 Å². The van der Waals surface area contributed by atoms with Crippen LogP contribution in [0.25, 0.3) is 0 Å². The molecule has 7 nitrogen and oxygen atoms in total. The highest BCUT2D eigenvalue weighted by Crippen LogP contribution is 2.33. The molecule has 0 spiro atoms. The molecule has 11 heteroatoms. The maximum atomic E-state index is 13.3. The second kappa shape index (κ2) is 9.96. The number of carbonyl (C=O) groups excluding carboxylic acids is 1. The Morgan fingerprint density at radius 1 is 1.13 bits per heavy atom. The molecule has 1 heterocycles. The van der Waals surface area contributed by atoms with E-state index in [9.17, 15) is 18.0 Å². The third kappa shape index (κ3) is 6.40. The molecule has 0 unspecified atom stereocenters. The topological polar surface area (TPSA) is 91.8 Å². The lowest BCUT2D eigenvalue weighted by molar-refractivity contribution is -0.138. The van der Waals surface area contributed by atoms with E-state index in [4.69, 9.17) is 0 Å². The number of nitrogens with one attached hydrogen (secondary N) is 3. The fourth-order valence-corrected chi connectivity index (χ4v) is 4.13. The fourth-order valence-electron chi connectivity index (χ4n) is 3.63. The van der Waals surface area contributed by atoms with Crippen molar-refractivity contribution >= 4 is 40.4 Å². The van der Waals surface area contributed by atoms with Crippen LogP contribution in [0.5, 0.6) is 0 Å². The minimum absolute atomic E-state index is 0.0714. The summed E-state index contributed by atoms with van der Waals surface area (Å²) in [7, 11) is 1.73. The average Bonchev–Trinajstić information content (AvgIpc) is 2.72. The van der Waals surface area contributed by atoms with Crippen LogP contribution in [-0.2, 0) is 17.5 Å². The Labute approximate surface area is 192 Å². The molecule has 0 atom stereocenters. The molecule has 3 N–H and O–H groups in total. The van der Waals surface area contributed by atoms with Crippen molar-refractivity contribution in [2.24, 2.45) is 5.92 Å². The molecular weight excluding hydrogens is 524 g/mol. The molecule has 0 aliphatic heterocycles. The van der Waals surface area contributed by atoms with E-state index in [2.05, 4.69) is 30.9 Å². The average molecular weight is 548 g/mol. The Balaban J connectivity index is 1.53. The van der Waals surface area contributed by atoms with Crippen molar-refractivity contribution in [3.05, 3.63) is 38.7 Å². The zero-order chi connectivity index (χ0) is 22.6. The summed E-state index contributed by atoms with van der Waals surface area (Å²) in [5.41, 5.74) is -0.636. The van der Waals surface area contributed by atoms with Gasteiger partial charge < -0.3 is 16.0 Å². The molecule has 1 amide bonds. The quantitative estimate of drug-likeness (QED) is 0.471. The van der Waals surface area contributed by atoms with Crippen molar-refractivity contribution in [2.75, 3.05) is 17.7 Å². The van der Waals surface area contributed by atoms with E-state index in [-0.39, 0.29) is 30.0 Å². The third-order valence-electron chi connectivity index (χ3n) is 5.23. The van der Waals surface area contributed by atoms with E-state index in [1.165, 1.54) is 6.07 Å². The van der Waals surface area contributed by atoms with Gasteiger partial charge in [-0.3, -0.25) is 4.79 Å². The van der Waals surface area contributed by atoms with Crippen LogP contribution in [0, 0.1) is 16.4 Å². The van der Waals surface area contributed by atoms with E-state index < -0.39 is 11.7 Å². The number of amides is 1. The Kier molecular flexibility index (Phi) is 7.55.